The molecule has 6 nitrogen and oxygen atoms in total. The standard InChI is InChI=1S/C17H29N5O.HI/c1-18-17(22(2)13-15-8-12-23-14-15)21-11-6-5-10-20-16-7-3-4-9-19-16;/h3-4,7,9,15H,5-6,8,10-14H2,1-2H3,(H,18,21)(H,19,20);1H. The predicted octanol–water partition coefficient (Wildman–Crippen LogP) is 2.44. The van der Waals surface area contributed by atoms with E-state index < -0.39 is 0 Å². The third kappa shape index (κ3) is 7.65. The highest BCUT2D eigenvalue weighted by Crippen LogP contribution is 2.13. The fourth-order valence-corrected chi connectivity index (χ4v) is 2.72. The number of unbranched alkanes of at least 4 members (excludes halogenated alkanes) is 1. The smallest absolute Gasteiger partial charge is 0.193 e. The monoisotopic (exact) mass is 447 g/mol. The molecule has 0 spiro atoms. The molecule has 0 radical (unpaired) electrons. The second-order valence-electron chi connectivity index (χ2n) is 5.93. The summed E-state index contributed by atoms with van der Waals surface area (Å²) in [5.41, 5.74) is 0. The van der Waals surface area contributed by atoms with E-state index in [9.17, 15) is 0 Å². The van der Waals surface area contributed by atoms with Crippen LogP contribution in [0.3, 0.4) is 0 Å². The van der Waals surface area contributed by atoms with Crippen LogP contribution in [0.2, 0.25) is 0 Å². The fourth-order valence-electron chi connectivity index (χ4n) is 2.72. The van der Waals surface area contributed by atoms with E-state index in [4.69, 9.17) is 4.74 Å². The van der Waals surface area contributed by atoms with Crippen LogP contribution in [0.1, 0.15) is 19.3 Å². The molecule has 0 saturated carbocycles. The molecule has 0 bridgehead atoms. The zero-order valence-corrected chi connectivity index (χ0v) is 17.0. The first-order valence-corrected chi connectivity index (χ1v) is 8.44. The van der Waals surface area contributed by atoms with Crippen molar-refractivity contribution in [3.8, 4) is 0 Å². The number of nitrogens with one attached hydrogen (secondary N) is 2. The summed E-state index contributed by atoms with van der Waals surface area (Å²) in [4.78, 5) is 10.8. The highest BCUT2D eigenvalue weighted by molar-refractivity contribution is 14.0. The Kier molecular flexibility index (Phi) is 10.7. The van der Waals surface area contributed by atoms with Gasteiger partial charge in [-0.25, -0.2) is 4.98 Å². The number of halogens is 1. The fraction of sp³-hybridized carbons (Fsp3) is 0.647. The van der Waals surface area contributed by atoms with E-state index in [2.05, 4.69) is 32.6 Å². The van der Waals surface area contributed by atoms with Gasteiger partial charge in [-0.05, 0) is 31.4 Å². The number of aliphatic imine (C=N–C) groups is 1. The Labute approximate surface area is 162 Å². The van der Waals surface area contributed by atoms with Crippen molar-refractivity contribution in [1.82, 2.24) is 15.2 Å². The highest BCUT2D eigenvalue weighted by Gasteiger charge is 2.18. The molecular formula is C17H30IN5O. The number of ether oxygens (including phenoxy) is 1. The van der Waals surface area contributed by atoms with Crippen molar-refractivity contribution in [3.05, 3.63) is 24.4 Å². The summed E-state index contributed by atoms with van der Waals surface area (Å²) in [5, 5.41) is 6.76. The molecule has 0 aromatic carbocycles. The SMILES string of the molecule is CN=C(NCCCCNc1ccccn1)N(C)CC1CCOC1.I. The number of guanidine groups is 1. The number of aromatic nitrogens is 1. The summed E-state index contributed by atoms with van der Waals surface area (Å²) in [6.45, 7) is 4.64. The second kappa shape index (κ2) is 12.3. The van der Waals surface area contributed by atoms with Crippen LogP contribution in [0.5, 0.6) is 0 Å². The zero-order chi connectivity index (χ0) is 16.3. The van der Waals surface area contributed by atoms with Crippen LogP contribution in [-0.2, 0) is 4.74 Å². The summed E-state index contributed by atoms with van der Waals surface area (Å²) in [5.74, 6) is 2.53. The Morgan fingerprint density at radius 2 is 2.21 bits per heavy atom. The third-order valence-corrected chi connectivity index (χ3v) is 3.99. The summed E-state index contributed by atoms with van der Waals surface area (Å²) in [6.07, 6.45) is 5.15. The number of hydrogen-bond donors (Lipinski definition) is 2. The lowest BCUT2D eigenvalue weighted by atomic mass is 10.1. The normalized spacial score (nSPS) is 17.2. The number of anilines is 1. The number of hydrogen-bond acceptors (Lipinski definition) is 4. The first-order chi connectivity index (χ1) is 11.3. The quantitative estimate of drug-likeness (QED) is 0.278. The molecule has 136 valence electrons. The molecule has 7 heteroatoms. The molecule has 1 aliphatic heterocycles. The summed E-state index contributed by atoms with van der Waals surface area (Å²) < 4.78 is 5.43. The Balaban J connectivity index is 0.00000288. The average Bonchev–Trinajstić information content (AvgIpc) is 3.08. The Morgan fingerprint density at radius 3 is 2.88 bits per heavy atom. The summed E-state index contributed by atoms with van der Waals surface area (Å²) in [6, 6.07) is 5.91. The van der Waals surface area contributed by atoms with Gasteiger partial charge in [0.05, 0.1) is 6.61 Å². The van der Waals surface area contributed by atoms with E-state index in [-0.39, 0.29) is 24.0 Å². The topological polar surface area (TPSA) is 61.8 Å². The molecule has 0 amide bonds. The van der Waals surface area contributed by atoms with Crippen molar-refractivity contribution >= 4 is 35.8 Å². The molecular weight excluding hydrogens is 417 g/mol. The third-order valence-electron chi connectivity index (χ3n) is 3.99. The molecule has 0 aliphatic carbocycles. The van der Waals surface area contributed by atoms with Gasteiger partial charge in [-0.2, -0.15) is 0 Å². The first kappa shape index (κ1) is 21.0. The van der Waals surface area contributed by atoms with Crippen molar-refractivity contribution in [2.24, 2.45) is 10.9 Å². The van der Waals surface area contributed by atoms with E-state index in [0.29, 0.717) is 5.92 Å². The van der Waals surface area contributed by atoms with Gasteiger partial charge < -0.3 is 20.3 Å². The number of pyridine rings is 1. The molecule has 2 N–H and O–H groups in total. The summed E-state index contributed by atoms with van der Waals surface area (Å²) in [7, 11) is 3.93. The first-order valence-electron chi connectivity index (χ1n) is 8.44. The van der Waals surface area contributed by atoms with Crippen molar-refractivity contribution in [3.63, 3.8) is 0 Å². The van der Waals surface area contributed by atoms with Gasteiger partial charge in [0.25, 0.3) is 0 Å². The predicted molar refractivity (Wildman–Crippen MR) is 110 cm³/mol. The number of rotatable bonds is 8. The molecule has 1 fully saturated rings. The lowest BCUT2D eigenvalue weighted by Gasteiger charge is -2.24. The van der Waals surface area contributed by atoms with E-state index in [0.717, 1.165) is 63.9 Å². The maximum atomic E-state index is 5.43. The molecule has 1 aromatic rings. The van der Waals surface area contributed by atoms with Crippen LogP contribution in [0.4, 0.5) is 5.82 Å². The van der Waals surface area contributed by atoms with E-state index in [1.54, 1.807) is 6.20 Å². The van der Waals surface area contributed by atoms with E-state index in [1.165, 1.54) is 0 Å². The van der Waals surface area contributed by atoms with Crippen LogP contribution in [0.15, 0.2) is 29.4 Å². The van der Waals surface area contributed by atoms with Crippen molar-refractivity contribution < 1.29 is 4.74 Å². The minimum Gasteiger partial charge on any atom is -0.381 e. The van der Waals surface area contributed by atoms with Gasteiger partial charge in [0.15, 0.2) is 5.96 Å². The van der Waals surface area contributed by atoms with Crippen molar-refractivity contribution in [2.45, 2.75) is 19.3 Å². The molecule has 1 saturated heterocycles. The lowest BCUT2D eigenvalue weighted by molar-refractivity contribution is 0.181. The van der Waals surface area contributed by atoms with Gasteiger partial charge in [0.2, 0.25) is 0 Å². The Bertz CT molecular complexity index is 465. The van der Waals surface area contributed by atoms with Gasteiger partial charge in [0.1, 0.15) is 5.82 Å². The van der Waals surface area contributed by atoms with Gasteiger partial charge in [-0.15, -0.1) is 24.0 Å². The van der Waals surface area contributed by atoms with Gasteiger partial charge in [-0.1, -0.05) is 6.07 Å². The van der Waals surface area contributed by atoms with Gasteiger partial charge in [-0.3, -0.25) is 4.99 Å². The van der Waals surface area contributed by atoms with E-state index in [1.807, 2.05) is 25.2 Å². The van der Waals surface area contributed by atoms with Crippen molar-refractivity contribution in [2.75, 3.05) is 52.3 Å². The minimum absolute atomic E-state index is 0. The highest BCUT2D eigenvalue weighted by atomic mass is 127. The molecule has 2 heterocycles. The zero-order valence-electron chi connectivity index (χ0n) is 14.7. The molecule has 1 aromatic heterocycles. The maximum Gasteiger partial charge on any atom is 0.193 e. The van der Waals surface area contributed by atoms with Crippen LogP contribution in [0.25, 0.3) is 0 Å². The van der Waals surface area contributed by atoms with Crippen LogP contribution in [-0.4, -0.2) is 62.8 Å². The van der Waals surface area contributed by atoms with Crippen LogP contribution >= 0.6 is 24.0 Å². The van der Waals surface area contributed by atoms with Crippen LogP contribution < -0.4 is 10.6 Å². The second-order valence-corrected chi connectivity index (χ2v) is 5.93. The van der Waals surface area contributed by atoms with E-state index >= 15 is 0 Å². The van der Waals surface area contributed by atoms with Gasteiger partial charge >= 0.3 is 0 Å². The Hall–Kier alpha value is -1.09. The van der Waals surface area contributed by atoms with Gasteiger partial charge in [0, 0.05) is 52.5 Å². The molecule has 24 heavy (non-hydrogen) atoms. The number of nitrogens with zero attached hydrogens (tertiary/aromatic N) is 3. The molecule has 1 atom stereocenters. The Morgan fingerprint density at radius 1 is 1.38 bits per heavy atom. The lowest BCUT2D eigenvalue weighted by Crippen LogP contribution is -2.41. The average molecular weight is 447 g/mol. The molecule has 1 unspecified atom stereocenters. The van der Waals surface area contributed by atoms with Crippen molar-refractivity contribution in [1.29, 1.82) is 0 Å². The minimum atomic E-state index is 0. The van der Waals surface area contributed by atoms with Crippen LogP contribution in [0, 0.1) is 5.92 Å². The molecule has 2 rings (SSSR count). The maximum absolute atomic E-state index is 5.43. The summed E-state index contributed by atoms with van der Waals surface area (Å²) >= 11 is 0. The molecule has 1 aliphatic rings. The largest absolute Gasteiger partial charge is 0.381 e.